The Labute approximate surface area is 85.4 Å². The zero-order valence-electron chi connectivity index (χ0n) is 9.03. The van der Waals surface area contributed by atoms with Crippen molar-refractivity contribution in [3.63, 3.8) is 0 Å². The molecule has 4 nitrogen and oxygen atoms in total. The number of hydrogen-bond donors (Lipinski definition) is 1. The summed E-state index contributed by atoms with van der Waals surface area (Å²) in [5.74, 6) is -0.169. The van der Waals surface area contributed by atoms with Crippen LogP contribution < -0.4 is 5.73 Å². The first-order valence-electron chi connectivity index (χ1n) is 5.21. The molecule has 0 spiro atoms. The highest BCUT2D eigenvalue weighted by Crippen LogP contribution is 2.21. The summed E-state index contributed by atoms with van der Waals surface area (Å²) in [6.07, 6.45) is 3.45. The number of carbonyl (C=O) groups is 1. The number of rotatable bonds is 3. The standard InChI is InChI=1S/C10H20N2O2/c1-8-4-3-5-9(6-11)12(8)7-10(13)14-2/h8-9H,3-7,11H2,1-2H3. The van der Waals surface area contributed by atoms with E-state index >= 15 is 0 Å². The van der Waals surface area contributed by atoms with E-state index in [2.05, 4.69) is 16.6 Å². The molecule has 0 radical (unpaired) electrons. The average molecular weight is 200 g/mol. The van der Waals surface area contributed by atoms with Crippen LogP contribution in [-0.4, -0.2) is 43.2 Å². The lowest BCUT2D eigenvalue weighted by atomic mass is 9.96. The first-order chi connectivity index (χ1) is 6.69. The van der Waals surface area contributed by atoms with Crippen LogP contribution in [0.2, 0.25) is 0 Å². The highest BCUT2D eigenvalue weighted by Gasteiger charge is 2.28. The molecule has 0 aliphatic carbocycles. The van der Waals surface area contributed by atoms with Crippen LogP contribution in [-0.2, 0) is 9.53 Å². The van der Waals surface area contributed by atoms with Gasteiger partial charge in [-0.15, -0.1) is 0 Å². The van der Waals surface area contributed by atoms with Crippen LogP contribution in [0.3, 0.4) is 0 Å². The summed E-state index contributed by atoms with van der Waals surface area (Å²) in [7, 11) is 1.42. The van der Waals surface area contributed by atoms with Crippen LogP contribution >= 0.6 is 0 Å². The number of nitrogens with two attached hydrogens (primary N) is 1. The lowest BCUT2D eigenvalue weighted by molar-refractivity contribution is -0.143. The van der Waals surface area contributed by atoms with Crippen molar-refractivity contribution in [2.24, 2.45) is 5.73 Å². The van der Waals surface area contributed by atoms with Crippen molar-refractivity contribution in [2.75, 3.05) is 20.2 Å². The lowest BCUT2D eigenvalue weighted by Gasteiger charge is -2.39. The molecule has 2 unspecified atom stereocenters. The molecule has 1 heterocycles. The Morgan fingerprint density at radius 2 is 2.29 bits per heavy atom. The Balaban J connectivity index is 2.54. The molecule has 0 amide bonds. The van der Waals surface area contributed by atoms with Gasteiger partial charge in [-0.2, -0.15) is 0 Å². The van der Waals surface area contributed by atoms with E-state index in [1.807, 2.05) is 0 Å². The summed E-state index contributed by atoms with van der Waals surface area (Å²) in [5.41, 5.74) is 5.68. The van der Waals surface area contributed by atoms with Crippen LogP contribution in [0.5, 0.6) is 0 Å². The summed E-state index contributed by atoms with van der Waals surface area (Å²) in [6.45, 7) is 3.14. The zero-order valence-corrected chi connectivity index (χ0v) is 9.03. The van der Waals surface area contributed by atoms with E-state index in [0.717, 1.165) is 12.8 Å². The second kappa shape index (κ2) is 5.32. The molecule has 2 atom stereocenters. The van der Waals surface area contributed by atoms with E-state index in [1.54, 1.807) is 0 Å². The molecule has 0 aromatic carbocycles. The highest BCUT2D eigenvalue weighted by molar-refractivity contribution is 5.71. The van der Waals surface area contributed by atoms with Crippen molar-refractivity contribution in [1.82, 2.24) is 4.90 Å². The minimum absolute atomic E-state index is 0.169. The highest BCUT2D eigenvalue weighted by atomic mass is 16.5. The summed E-state index contributed by atoms with van der Waals surface area (Å²) >= 11 is 0. The average Bonchev–Trinajstić information content (AvgIpc) is 2.20. The monoisotopic (exact) mass is 200 g/mol. The predicted octanol–water partition coefficient (Wildman–Crippen LogP) is 0.361. The molecule has 82 valence electrons. The van der Waals surface area contributed by atoms with E-state index in [1.165, 1.54) is 13.5 Å². The Morgan fingerprint density at radius 1 is 1.57 bits per heavy atom. The van der Waals surface area contributed by atoms with Gasteiger partial charge in [0.15, 0.2) is 0 Å². The van der Waals surface area contributed by atoms with Gasteiger partial charge in [0.05, 0.1) is 13.7 Å². The molecule has 14 heavy (non-hydrogen) atoms. The second-order valence-corrected chi connectivity index (χ2v) is 3.92. The van der Waals surface area contributed by atoms with Crippen molar-refractivity contribution < 1.29 is 9.53 Å². The van der Waals surface area contributed by atoms with Gasteiger partial charge >= 0.3 is 5.97 Å². The quantitative estimate of drug-likeness (QED) is 0.668. The molecule has 2 N–H and O–H groups in total. The second-order valence-electron chi connectivity index (χ2n) is 3.92. The van der Waals surface area contributed by atoms with E-state index < -0.39 is 0 Å². The minimum atomic E-state index is -0.169. The maximum Gasteiger partial charge on any atom is 0.319 e. The maximum absolute atomic E-state index is 11.2. The van der Waals surface area contributed by atoms with Crippen molar-refractivity contribution in [3.05, 3.63) is 0 Å². The molecule has 0 saturated carbocycles. The van der Waals surface area contributed by atoms with Gasteiger partial charge in [0.2, 0.25) is 0 Å². The van der Waals surface area contributed by atoms with E-state index in [-0.39, 0.29) is 5.97 Å². The molecular formula is C10H20N2O2. The Hall–Kier alpha value is -0.610. The van der Waals surface area contributed by atoms with Gasteiger partial charge in [-0.05, 0) is 19.8 Å². The van der Waals surface area contributed by atoms with E-state index in [9.17, 15) is 4.79 Å². The smallest absolute Gasteiger partial charge is 0.319 e. The van der Waals surface area contributed by atoms with E-state index in [4.69, 9.17) is 5.73 Å². The number of methoxy groups -OCH3 is 1. The summed E-state index contributed by atoms with van der Waals surface area (Å²) in [5, 5.41) is 0. The SMILES string of the molecule is COC(=O)CN1C(C)CCCC1CN. The zero-order chi connectivity index (χ0) is 10.6. The number of carbonyl (C=O) groups excluding carboxylic acids is 1. The van der Waals surface area contributed by atoms with Gasteiger partial charge in [-0.3, -0.25) is 9.69 Å². The van der Waals surface area contributed by atoms with Crippen molar-refractivity contribution in [3.8, 4) is 0 Å². The van der Waals surface area contributed by atoms with Crippen molar-refractivity contribution in [2.45, 2.75) is 38.3 Å². The fraction of sp³-hybridized carbons (Fsp3) is 0.900. The Morgan fingerprint density at radius 3 is 2.86 bits per heavy atom. The molecule has 0 aromatic heterocycles. The van der Waals surface area contributed by atoms with Gasteiger partial charge in [-0.1, -0.05) is 6.42 Å². The number of hydrogen-bond acceptors (Lipinski definition) is 4. The van der Waals surface area contributed by atoms with Crippen molar-refractivity contribution >= 4 is 5.97 Å². The van der Waals surface area contributed by atoms with Gasteiger partial charge in [-0.25, -0.2) is 0 Å². The lowest BCUT2D eigenvalue weighted by Crippen LogP contribution is -2.50. The Bertz CT molecular complexity index is 197. The number of piperidine rings is 1. The first-order valence-corrected chi connectivity index (χ1v) is 5.21. The molecular weight excluding hydrogens is 180 g/mol. The summed E-state index contributed by atoms with van der Waals surface area (Å²) in [4.78, 5) is 13.3. The normalized spacial score (nSPS) is 28.8. The molecule has 4 heteroatoms. The maximum atomic E-state index is 11.2. The minimum Gasteiger partial charge on any atom is -0.468 e. The Kier molecular flexibility index (Phi) is 4.35. The van der Waals surface area contributed by atoms with Gasteiger partial charge in [0.1, 0.15) is 0 Å². The first kappa shape index (κ1) is 11.5. The van der Waals surface area contributed by atoms with Crippen LogP contribution in [0, 0.1) is 0 Å². The molecule has 1 rings (SSSR count). The number of nitrogens with zero attached hydrogens (tertiary/aromatic N) is 1. The fourth-order valence-electron chi connectivity index (χ4n) is 2.09. The number of likely N-dealkylation sites (tertiary alicyclic amines) is 1. The van der Waals surface area contributed by atoms with Gasteiger partial charge in [0, 0.05) is 18.6 Å². The third kappa shape index (κ3) is 2.69. The summed E-state index contributed by atoms with van der Waals surface area (Å²) in [6, 6.07) is 0.786. The third-order valence-corrected chi connectivity index (χ3v) is 3.01. The molecule has 0 aromatic rings. The molecule has 0 bridgehead atoms. The van der Waals surface area contributed by atoms with Crippen LogP contribution in [0.1, 0.15) is 26.2 Å². The van der Waals surface area contributed by atoms with Crippen molar-refractivity contribution in [1.29, 1.82) is 0 Å². The molecule has 1 aliphatic heterocycles. The third-order valence-electron chi connectivity index (χ3n) is 3.01. The fourth-order valence-corrected chi connectivity index (χ4v) is 2.09. The van der Waals surface area contributed by atoms with Gasteiger partial charge < -0.3 is 10.5 Å². The molecule has 1 aliphatic rings. The molecule has 1 fully saturated rings. The topological polar surface area (TPSA) is 55.6 Å². The summed E-state index contributed by atoms with van der Waals surface area (Å²) < 4.78 is 4.67. The predicted molar refractivity (Wildman–Crippen MR) is 54.9 cm³/mol. The number of ether oxygens (including phenoxy) is 1. The molecule has 1 saturated heterocycles. The van der Waals surface area contributed by atoms with Crippen LogP contribution in [0.4, 0.5) is 0 Å². The number of esters is 1. The van der Waals surface area contributed by atoms with Gasteiger partial charge in [0.25, 0.3) is 0 Å². The van der Waals surface area contributed by atoms with Crippen LogP contribution in [0.25, 0.3) is 0 Å². The van der Waals surface area contributed by atoms with E-state index in [0.29, 0.717) is 25.2 Å². The largest absolute Gasteiger partial charge is 0.468 e. The van der Waals surface area contributed by atoms with Crippen LogP contribution in [0.15, 0.2) is 0 Å².